The molecule has 1 N–H and O–H groups in total. The standard InChI is InChI=1S/C55H78N2O15/c1-33(2)42-38(29-35-22-23-37(30-39(35)67-36-24-27-63-28-25-36)64-26-18-21-41(58)65-31-34-19-16-15-17-20-34)46(57-56-42)72-47-45(71-51(62)55(12,13)14)44(70-50(61)54(9,10)11)43(69-49(60)53(6,7)8)40(68-47)32-66-48(59)52(3,4)5/h15-17,19-20,22-23,30,33,36,40,43-45,47H,18,21,24-29,31-32H2,1-14H3,(H,56,57)/t40-,43-,44+,45-,47+/m1/s1. The summed E-state index contributed by atoms with van der Waals surface area (Å²) in [4.78, 5) is 67.4. The third kappa shape index (κ3) is 16.4. The Morgan fingerprint density at radius 3 is 1.88 bits per heavy atom. The molecule has 3 aromatic rings. The van der Waals surface area contributed by atoms with E-state index >= 15 is 0 Å². The van der Waals surface area contributed by atoms with Gasteiger partial charge in [-0.2, -0.15) is 0 Å². The topological polar surface area (TPSA) is 206 Å². The number of esters is 5. The van der Waals surface area contributed by atoms with E-state index in [1.807, 2.05) is 62.4 Å². The molecule has 0 saturated carbocycles. The first-order valence-corrected chi connectivity index (χ1v) is 25.0. The van der Waals surface area contributed by atoms with E-state index in [-0.39, 0.29) is 49.9 Å². The van der Waals surface area contributed by atoms with Gasteiger partial charge in [0.25, 0.3) is 0 Å². The van der Waals surface area contributed by atoms with Crippen LogP contribution in [0.25, 0.3) is 0 Å². The number of hydrogen-bond donors (Lipinski definition) is 1. The van der Waals surface area contributed by atoms with E-state index in [0.29, 0.717) is 49.5 Å². The highest BCUT2D eigenvalue weighted by atomic mass is 16.7. The molecular formula is C55H78N2O15. The van der Waals surface area contributed by atoms with Crippen LogP contribution in [0.2, 0.25) is 0 Å². The van der Waals surface area contributed by atoms with E-state index in [4.69, 9.17) is 47.4 Å². The summed E-state index contributed by atoms with van der Waals surface area (Å²) in [5.41, 5.74) is -1.06. The van der Waals surface area contributed by atoms with E-state index in [1.54, 1.807) is 83.1 Å². The van der Waals surface area contributed by atoms with Gasteiger partial charge < -0.3 is 47.4 Å². The second-order valence-electron chi connectivity index (χ2n) is 22.9. The van der Waals surface area contributed by atoms with Gasteiger partial charge in [0, 0.05) is 43.0 Å². The minimum Gasteiger partial charge on any atom is -0.493 e. The zero-order valence-corrected chi connectivity index (χ0v) is 44.8. The summed E-state index contributed by atoms with van der Waals surface area (Å²) in [5.74, 6) is -1.86. The molecule has 0 unspecified atom stereocenters. The number of rotatable bonds is 19. The number of carbonyl (C=O) groups excluding carboxylic acids is 5. The molecule has 398 valence electrons. The molecule has 0 amide bonds. The van der Waals surface area contributed by atoms with E-state index < -0.39 is 82.8 Å². The van der Waals surface area contributed by atoms with Crippen molar-refractivity contribution in [2.45, 2.75) is 178 Å². The van der Waals surface area contributed by atoms with Crippen molar-refractivity contribution in [3.8, 4) is 17.4 Å². The summed E-state index contributed by atoms with van der Waals surface area (Å²) in [6.45, 7) is 25.1. The van der Waals surface area contributed by atoms with Crippen LogP contribution in [0.5, 0.6) is 17.4 Å². The first-order valence-electron chi connectivity index (χ1n) is 25.0. The Hall–Kier alpha value is -5.68. The normalized spacial score (nSPS) is 20.0. The molecular weight excluding hydrogens is 929 g/mol. The Morgan fingerprint density at radius 2 is 1.29 bits per heavy atom. The number of aromatic nitrogens is 2. The molecule has 2 aromatic carbocycles. The Bertz CT molecular complexity index is 2290. The van der Waals surface area contributed by atoms with Gasteiger partial charge in [0.1, 0.15) is 36.9 Å². The number of aromatic amines is 1. The van der Waals surface area contributed by atoms with Crippen LogP contribution in [0.1, 0.15) is 151 Å². The zero-order chi connectivity index (χ0) is 53.2. The Labute approximate surface area is 424 Å². The van der Waals surface area contributed by atoms with Gasteiger partial charge in [-0.15, -0.1) is 5.10 Å². The first-order chi connectivity index (χ1) is 33.6. The number of ether oxygens (including phenoxy) is 10. The molecule has 2 saturated heterocycles. The van der Waals surface area contributed by atoms with Crippen molar-refractivity contribution >= 4 is 29.8 Å². The van der Waals surface area contributed by atoms with Gasteiger partial charge >= 0.3 is 29.8 Å². The number of benzene rings is 2. The molecule has 0 aliphatic carbocycles. The molecule has 0 bridgehead atoms. The van der Waals surface area contributed by atoms with Crippen molar-refractivity contribution in [2.75, 3.05) is 26.4 Å². The Morgan fingerprint density at radius 1 is 0.708 bits per heavy atom. The largest absolute Gasteiger partial charge is 0.493 e. The van der Waals surface area contributed by atoms with E-state index in [2.05, 4.69) is 10.2 Å². The van der Waals surface area contributed by atoms with Gasteiger partial charge in [0.2, 0.25) is 18.3 Å². The molecule has 5 rings (SSSR count). The van der Waals surface area contributed by atoms with Crippen LogP contribution >= 0.6 is 0 Å². The molecule has 5 atom stereocenters. The summed E-state index contributed by atoms with van der Waals surface area (Å²) in [5, 5.41) is 7.78. The Balaban J connectivity index is 1.52. The van der Waals surface area contributed by atoms with E-state index in [0.717, 1.165) is 16.8 Å². The molecule has 0 spiro atoms. The second-order valence-corrected chi connectivity index (χ2v) is 22.9. The minimum absolute atomic E-state index is 0.0773. The maximum atomic E-state index is 13.9. The lowest BCUT2D eigenvalue weighted by molar-refractivity contribution is -0.294. The highest BCUT2D eigenvalue weighted by Crippen LogP contribution is 2.39. The van der Waals surface area contributed by atoms with Crippen LogP contribution in [0.15, 0.2) is 48.5 Å². The number of hydrogen-bond acceptors (Lipinski definition) is 16. The van der Waals surface area contributed by atoms with Crippen LogP contribution in [0.3, 0.4) is 0 Å². The van der Waals surface area contributed by atoms with Crippen LogP contribution in [-0.2, 0) is 70.2 Å². The average Bonchev–Trinajstić information content (AvgIpc) is 3.69. The van der Waals surface area contributed by atoms with E-state index in [1.165, 1.54) is 0 Å². The maximum absolute atomic E-state index is 13.9. The lowest BCUT2D eigenvalue weighted by Gasteiger charge is -2.45. The highest BCUT2D eigenvalue weighted by molar-refractivity contribution is 5.78. The fourth-order valence-electron chi connectivity index (χ4n) is 7.26. The monoisotopic (exact) mass is 1010 g/mol. The van der Waals surface area contributed by atoms with Gasteiger partial charge in [0.15, 0.2) is 12.2 Å². The second kappa shape index (κ2) is 24.4. The summed E-state index contributed by atoms with van der Waals surface area (Å²) < 4.78 is 61.7. The van der Waals surface area contributed by atoms with Gasteiger partial charge in [-0.1, -0.05) is 50.2 Å². The van der Waals surface area contributed by atoms with Crippen molar-refractivity contribution < 1.29 is 71.3 Å². The molecule has 2 fully saturated rings. The molecule has 2 aliphatic heterocycles. The molecule has 3 heterocycles. The number of H-pyrrole nitrogens is 1. The predicted octanol–water partition coefficient (Wildman–Crippen LogP) is 9.15. The SMILES string of the molecule is CC(C)c1[nH]nc(O[C@@H]2O[C@H](COC(=O)C(C)(C)C)[C@@H](OC(=O)C(C)(C)C)[C@H](OC(=O)C(C)(C)C)[C@H]2OC(=O)C(C)(C)C)c1Cc1ccc(OCCCC(=O)OCc2ccccc2)cc1OC1CCOCC1. The fourth-order valence-corrected chi connectivity index (χ4v) is 7.26. The first kappa shape index (κ1) is 57.2. The van der Waals surface area contributed by atoms with Crippen molar-refractivity contribution in [3.63, 3.8) is 0 Å². The highest BCUT2D eigenvalue weighted by Gasteiger charge is 2.56. The quantitative estimate of drug-likeness (QED) is 0.0675. The van der Waals surface area contributed by atoms with Crippen LogP contribution in [0, 0.1) is 21.7 Å². The summed E-state index contributed by atoms with van der Waals surface area (Å²) >= 11 is 0. The fraction of sp³-hybridized carbons (Fsp3) is 0.636. The maximum Gasteiger partial charge on any atom is 0.311 e. The van der Waals surface area contributed by atoms with Gasteiger partial charge in [-0.05, 0) is 113 Å². The smallest absolute Gasteiger partial charge is 0.311 e. The lowest BCUT2D eigenvalue weighted by Crippen LogP contribution is -2.65. The number of carbonyl (C=O) groups is 5. The summed E-state index contributed by atoms with van der Waals surface area (Å²) in [7, 11) is 0. The minimum atomic E-state index is -1.57. The van der Waals surface area contributed by atoms with Crippen molar-refractivity contribution in [2.24, 2.45) is 21.7 Å². The number of nitrogens with one attached hydrogen (secondary N) is 1. The van der Waals surface area contributed by atoms with E-state index in [9.17, 15) is 24.0 Å². The van der Waals surface area contributed by atoms with Crippen molar-refractivity contribution in [3.05, 3.63) is 70.9 Å². The molecule has 0 radical (unpaired) electrons. The predicted molar refractivity (Wildman–Crippen MR) is 265 cm³/mol. The molecule has 72 heavy (non-hydrogen) atoms. The molecule has 1 aromatic heterocycles. The van der Waals surface area contributed by atoms with Gasteiger partial charge in [0.05, 0.1) is 41.5 Å². The lowest BCUT2D eigenvalue weighted by atomic mass is 9.93. The molecule has 17 heteroatoms. The summed E-state index contributed by atoms with van der Waals surface area (Å²) in [6, 6.07) is 15.1. The number of nitrogens with zero attached hydrogens (tertiary/aromatic N) is 1. The third-order valence-electron chi connectivity index (χ3n) is 11.7. The van der Waals surface area contributed by atoms with Crippen LogP contribution < -0.4 is 14.2 Å². The van der Waals surface area contributed by atoms with Crippen molar-refractivity contribution in [1.29, 1.82) is 0 Å². The van der Waals surface area contributed by atoms with Crippen molar-refractivity contribution in [1.82, 2.24) is 10.2 Å². The van der Waals surface area contributed by atoms with Crippen LogP contribution in [0.4, 0.5) is 0 Å². The zero-order valence-electron chi connectivity index (χ0n) is 44.8. The van der Waals surface area contributed by atoms with Crippen LogP contribution in [-0.4, -0.2) is 103 Å². The molecule has 17 nitrogen and oxygen atoms in total. The average molecular weight is 1010 g/mol. The third-order valence-corrected chi connectivity index (χ3v) is 11.7. The molecule has 2 aliphatic rings. The Kier molecular flexibility index (Phi) is 19.4. The summed E-state index contributed by atoms with van der Waals surface area (Å²) in [6.07, 6.45) is -5.31. The van der Waals surface area contributed by atoms with Gasteiger partial charge in [-0.3, -0.25) is 29.1 Å². The van der Waals surface area contributed by atoms with Gasteiger partial charge in [-0.25, -0.2) is 0 Å².